The molecule has 1 saturated heterocycles. The Morgan fingerprint density at radius 1 is 1.06 bits per heavy atom. The quantitative estimate of drug-likeness (QED) is 0.526. The van der Waals surface area contributed by atoms with Gasteiger partial charge in [-0.2, -0.15) is 0 Å². The summed E-state index contributed by atoms with van der Waals surface area (Å²) < 4.78 is 11.8. The standard InChI is InChI=1S/C27H32N6O3/c1-32-9-11-33(12-10-32)24-6-5-23-15-21(24)19-35-13-3-2-4-14-36-25-16-20(7-8-28-25)26-22(18-34)17-29-27(30-23)31-26/h2-3,5-8,15-17,34H,4,9-14,18-19H2,1H3,(H,29,30,31)/b3-2+. The molecule has 0 aliphatic carbocycles. The van der Waals surface area contributed by atoms with E-state index in [9.17, 15) is 5.11 Å². The van der Waals surface area contributed by atoms with Crippen molar-refractivity contribution in [1.29, 1.82) is 0 Å². The maximum absolute atomic E-state index is 9.90. The zero-order chi connectivity index (χ0) is 24.7. The molecule has 0 spiro atoms. The van der Waals surface area contributed by atoms with E-state index in [1.807, 2.05) is 18.2 Å². The Labute approximate surface area is 211 Å². The van der Waals surface area contributed by atoms with Gasteiger partial charge in [0.2, 0.25) is 11.8 Å². The molecule has 2 N–H and O–H groups in total. The molecule has 2 aliphatic rings. The first-order valence-electron chi connectivity index (χ1n) is 12.3. The molecule has 36 heavy (non-hydrogen) atoms. The van der Waals surface area contributed by atoms with Crippen LogP contribution in [0.25, 0.3) is 11.3 Å². The molecule has 3 aromatic rings. The van der Waals surface area contributed by atoms with E-state index in [1.54, 1.807) is 12.4 Å². The van der Waals surface area contributed by atoms with Gasteiger partial charge in [0.15, 0.2) is 0 Å². The fourth-order valence-electron chi connectivity index (χ4n) is 4.39. The van der Waals surface area contributed by atoms with E-state index in [4.69, 9.17) is 14.5 Å². The van der Waals surface area contributed by atoms with Crippen LogP contribution in [-0.2, 0) is 18.0 Å². The van der Waals surface area contributed by atoms with E-state index < -0.39 is 0 Å². The average Bonchev–Trinajstić information content (AvgIpc) is 2.90. The molecular weight excluding hydrogens is 456 g/mol. The highest BCUT2D eigenvalue weighted by Crippen LogP contribution is 2.29. The maximum Gasteiger partial charge on any atom is 0.227 e. The lowest BCUT2D eigenvalue weighted by molar-refractivity contribution is 0.148. The summed E-state index contributed by atoms with van der Waals surface area (Å²) >= 11 is 0. The van der Waals surface area contributed by atoms with Gasteiger partial charge in [-0.25, -0.2) is 15.0 Å². The lowest BCUT2D eigenvalue weighted by Gasteiger charge is -2.35. The summed E-state index contributed by atoms with van der Waals surface area (Å²) in [6, 6.07) is 10.0. The van der Waals surface area contributed by atoms with Crippen molar-refractivity contribution in [3.63, 3.8) is 0 Å². The third kappa shape index (κ3) is 5.81. The highest BCUT2D eigenvalue weighted by molar-refractivity contribution is 5.67. The number of likely N-dealkylation sites (N-methyl/N-ethyl adjacent to an activating group) is 1. The largest absolute Gasteiger partial charge is 0.477 e. The summed E-state index contributed by atoms with van der Waals surface area (Å²) in [5, 5.41) is 13.2. The minimum absolute atomic E-state index is 0.167. The van der Waals surface area contributed by atoms with Crippen LogP contribution in [0.3, 0.4) is 0 Å². The van der Waals surface area contributed by atoms with Crippen LogP contribution in [0.4, 0.5) is 17.3 Å². The first kappa shape index (κ1) is 24.2. The van der Waals surface area contributed by atoms with E-state index in [0.29, 0.717) is 42.9 Å². The second kappa shape index (κ2) is 11.5. The zero-order valence-corrected chi connectivity index (χ0v) is 20.6. The summed E-state index contributed by atoms with van der Waals surface area (Å²) in [6.45, 7) is 5.42. The van der Waals surface area contributed by atoms with Crippen LogP contribution in [0.2, 0.25) is 0 Å². The Bertz CT molecular complexity index is 1210. The van der Waals surface area contributed by atoms with Crippen LogP contribution >= 0.6 is 0 Å². The van der Waals surface area contributed by atoms with E-state index in [1.165, 1.54) is 5.69 Å². The number of pyridine rings is 1. The van der Waals surface area contributed by atoms with Gasteiger partial charge in [0.05, 0.1) is 32.1 Å². The number of aromatic nitrogens is 3. The first-order chi connectivity index (χ1) is 17.7. The Hall–Kier alpha value is -3.53. The number of ether oxygens (including phenoxy) is 2. The smallest absolute Gasteiger partial charge is 0.227 e. The number of anilines is 3. The summed E-state index contributed by atoms with van der Waals surface area (Å²) in [4.78, 5) is 18.2. The van der Waals surface area contributed by atoms with E-state index in [2.05, 4.69) is 56.4 Å². The van der Waals surface area contributed by atoms with Crippen molar-refractivity contribution >= 4 is 17.3 Å². The molecule has 0 atom stereocenters. The third-order valence-corrected chi connectivity index (χ3v) is 6.40. The van der Waals surface area contributed by atoms with Crippen LogP contribution in [-0.4, -0.2) is 71.4 Å². The molecule has 1 aromatic carbocycles. The van der Waals surface area contributed by atoms with Crippen LogP contribution in [0, 0.1) is 0 Å². The number of fused-ring (bicyclic) bond motifs is 7. The molecule has 0 amide bonds. The maximum atomic E-state index is 9.90. The van der Waals surface area contributed by atoms with E-state index in [-0.39, 0.29) is 6.61 Å². The second-order valence-corrected chi connectivity index (χ2v) is 8.99. The third-order valence-electron chi connectivity index (χ3n) is 6.40. The van der Waals surface area contributed by atoms with Gasteiger partial charge in [0.25, 0.3) is 0 Å². The van der Waals surface area contributed by atoms with Crippen LogP contribution < -0.4 is 15.0 Å². The summed E-state index contributed by atoms with van der Waals surface area (Å²) in [5.41, 5.74) is 5.28. The number of hydrogen-bond acceptors (Lipinski definition) is 9. The van der Waals surface area contributed by atoms with Gasteiger partial charge in [-0.3, -0.25) is 0 Å². The number of hydrogen-bond donors (Lipinski definition) is 2. The molecule has 0 unspecified atom stereocenters. The molecule has 6 bridgehead atoms. The monoisotopic (exact) mass is 488 g/mol. The van der Waals surface area contributed by atoms with Crippen molar-refractivity contribution in [3.05, 3.63) is 66.0 Å². The Morgan fingerprint density at radius 2 is 1.94 bits per heavy atom. The first-order valence-corrected chi connectivity index (χ1v) is 12.3. The SMILES string of the molecule is CN1CCN(c2ccc3cc2COC/C=C/CCOc2cc(ccn2)-c2nc(ncc2CO)N3)CC1. The van der Waals surface area contributed by atoms with Crippen molar-refractivity contribution in [2.45, 2.75) is 19.6 Å². The highest BCUT2D eigenvalue weighted by Gasteiger charge is 2.18. The number of benzene rings is 1. The van der Waals surface area contributed by atoms with Crippen molar-refractivity contribution in [3.8, 4) is 17.1 Å². The predicted molar refractivity (Wildman–Crippen MR) is 140 cm³/mol. The Kier molecular flexibility index (Phi) is 7.70. The predicted octanol–water partition coefficient (Wildman–Crippen LogP) is 3.38. The van der Waals surface area contributed by atoms with Gasteiger partial charge in [-0.15, -0.1) is 0 Å². The van der Waals surface area contributed by atoms with Crippen LogP contribution in [0.5, 0.6) is 5.88 Å². The van der Waals surface area contributed by atoms with Crippen molar-refractivity contribution < 1.29 is 14.6 Å². The number of rotatable bonds is 2. The molecule has 0 saturated carbocycles. The van der Waals surface area contributed by atoms with Gasteiger partial charge in [0, 0.05) is 72.7 Å². The minimum atomic E-state index is -0.167. The second-order valence-electron chi connectivity index (χ2n) is 8.99. The molecule has 2 aromatic heterocycles. The van der Waals surface area contributed by atoms with E-state index in [0.717, 1.165) is 49.4 Å². The number of piperazine rings is 1. The number of nitrogens with zero attached hydrogens (tertiary/aromatic N) is 5. The normalized spacial score (nSPS) is 17.9. The van der Waals surface area contributed by atoms with Gasteiger partial charge in [-0.1, -0.05) is 12.2 Å². The molecule has 0 radical (unpaired) electrons. The molecule has 5 rings (SSSR count). The summed E-state index contributed by atoms with van der Waals surface area (Å²) in [7, 11) is 2.16. The molecule has 2 aliphatic heterocycles. The Morgan fingerprint density at radius 3 is 2.81 bits per heavy atom. The number of aliphatic hydroxyl groups is 1. The molecule has 188 valence electrons. The van der Waals surface area contributed by atoms with Crippen molar-refractivity contribution in [2.24, 2.45) is 0 Å². The van der Waals surface area contributed by atoms with Gasteiger partial charge in [-0.05, 0) is 37.7 Å². The summed E-state index contributed by atoms with van der Waals surface area (Å²) in [6.07, 6.45) is 8.18. The highest BCUT2D eigenvalue weighted by atomic mass is 16.5. The fraction of sp³-hybridized carbons (Fsp3) is 0.370. The van der Waals surface area contributed by atoms with Crippen molar-refractivity contribution in [2.75, 3.05) is 56.7 Å². The fourth-order valence-corrected chi connectivity index (χ4v) is 4.39. The van der Waals surface area contributed by atoms with Crippen LogP contribution in [0.1, 0.15) is 17.5 Å². The van der Waals surface area contributed by atoms with Gasteiger partial charge in [0.1, 0.15) is 0 Å². The molecule has 9 heteroatoms. The topological polar surface area (TPSA) is 95.9 Å². The number of aliphatic hydroxyl groups excluding tert-OH is 1. The molecule has 1 fully saturated rings. The minimum Gasteiger partial charge on any atom is -0.477 e. The van der Waals surface area contributed by atoms with Gasteiger partial charge < -0.3 is 29.7 Å². The summed E-state index contributed by atoms with van der Waals surface area (Å²) in [5.74, 6) is 0.962. The molecular formula is C27H32N6O3. The van der Waals surface area contributed by atoms with E-state index >= 15 is 0 Å². The van der Waals surface area contributed by atoms with Crippen LogP contribution in [0.15, 0.2) is 54.9 Å². The lowest BCUT2D eigenvalue weighted by Crippen LogP contribution is -2.44. The zero-order valence-electron chi connectivity index (χ0n) is 20.6. The van der Waals surface area contributed by atoms with Crippen molar-refractivity contribution in [1.82, 2.24) is 19.9 Å². The molecule has 4 heterocycles. The Balaban J connectivity index is 1.49. The average molecular weight is 489 g/mol. The lowest BCUT2D eigenvalue weighted by atomic mass is 10.1. The number of nitrogens with one attached hydrogen (secondary N) is 1. The molecule has 9 nitrogen and oxygen atoms in total. The van der Waals surface area contributed by atoms with Gasteiger partial charge >= 0.3 is 0 Å².